The van der Waals surface area contributed by atoms with Crippen LogP contribution in [0.2, 0.25) is 0 Å². The van der Waals surface area contributed by atoms with Gasteiger partial charge in [0.2, 0.25) is 0 Å². The van der Waals surface area contributed by atoms with Crippen LogP contribution in [-0.4, -0.2) is 9.97 Å². The monoisotopic (exact) mass is 566 g/mol. The second kappa shape index (κ2) is 7.72. The van der Waals surface area contributed by atoms with Gasteiger partial charge < -0.3 is 9.97 Å². The van der Waals surface area contributed by atoms with Crippen molar-refractivity contribution in [2.24, 2.45) is 0 Å². The lowest BCUT2D eigenvalue weighted by Gasteiger charge is -2.31. The number of aromatic nitrogens is 2. The number of H-pyrrole nitrogens is 2. The first-order valence-corrected chi connectivity index (χ1v) is 13.0. The molecule has 2 N–H and O–H groups in total. The molecule has 6 aromatic rings. The zero-order chi connectivity index (χ0) is 22.8. The first kappa shape index (κ1) is 20.3. The fraction of sp³-hybridized carbons (Fsp3) is 0.0667. The van der Waals surface area contributed by atoms with Crippen molar-refractivity contribution in [3.63, 3.8) is 0 Å². The molecule has 4 heteroatoms. The summed E-state index contributed by atoms with van der Waals surface area (Å²) in [4.78, 5) is 7.74. The summed E-state index contributed by atoms with van der Waals surface area (Å²) in [5.74, 6) is 0.210. The predicted molar refractivity (Wildman–Crippen MR) is 147 cm³/mol. The summed E-state index contributed by atoms with van der Waals surface area (Å²) in [6.45, 7) is 0. The second-order valence-corrected chi connectivity index (χ2v) is 10.6. The van der Waals surface area contributed by atoms with Crippen LogP contribution in [0.25, 0.3) is 21.8 Å². The molecule has 1 aliphatic carbocycles. The summed E-state index contributed by atoms with van der Waals surface area (Å²) in [7, 11) is 0. The molecule has 0 spiro atoms. The molecule has 7 rings (SSSR count). The number of aromatic amines is 2. The number of fused-ring (bicyclic) bond motifs is 6. The third-order valence-electron chi connectivity index (χ3n) is 7.13. The lowest BCUT2D eigenvalue weighted by molar-refractivity contribution is 0.801. The van der Waals surface area contributed by atoms with Gasteiger partial charge in [-0.1, -0.05) is 84.9 Å². The van der Waals surface area contributed by atoms with Gasteiger partial charge in [0.15, 0.2) is 0 Å². The van der Waals surface area contributed by atoms with Crippen LogP contribution >= 0.6 is 31.9 Å². The van der Waals surface area contributed by atoms with E-state index in [0.717, 1.165) is 20.0 Å². The van der Waals surface area contributed by atoms with E-state index in [2.05, 4.69) is 139 Å². The Morgan fingerprint density at radius 1 is 0.471 bits per heavy atom. The highest BCUT2D eigenvalue weighted by atomic mass is 79.9. The molecule has 4 aromatic carbocycles. The highest BCUT2D eigenvalue weighted by Crippen LogP contribution is 2.53. The summed E-state index contributed by atoms with van der Waals surface area (Å²) < 4.78 is 2.18. The average molecular weight is 568 g/mol. The zero-order valence-corrected chi connectivity index (χ0v) is 21.3. The van der Waals surface area contributed by atoms with E-state index in [-0.39, 0.29) is 11.8 Å². The van der Waals surface area contributed by atoms with Crippen LogP contribution in [0.4, 0.5) is 0 Å². The zero-order valence-electron chi connectivity index (χ0n) is 18.1. The van der Waals surface area contributed by atoms with Gasteiger partial charge in [0.1, 0.15) is 0 Å². The van der Waals surface area contributed by atoms with Crippen LogP contribution in [0.3, 0.4) is 0 Å². The topological polar surface area (TPSA) is 31.6 Å². The Balaban J connectivity index is 1.67. The standard InChI is InChI=1S/C30H20Br2N2/c31-21-15-7-13-19-25-23(17-9-3-1-4-10-17)29-26(20-14-8-16-22(32)28(20)33-29)24(30(25)34-27(19)21)18-11-5-2-6-12-18/h1-16,23-24,33-34H. The van der Waals surface area contributed by atoms with E-state index < -0.39 is 0 Å². The number of nitrogens with one attached hydrogen (secondary N) is 2. The molecule has 0 radical (unpaired) electrons. The number of halogens is 2. The molecule has 0 amide bonds. The molecule has 164 valence electrons. The summed E-state index contributed by atoms with van der Waals surface area (Å²) in [6.07, 6.45) is 0. The normalized spacial score (nSPS) is 17.1. The van der Waals surface area contributed by atoms with E-state index >= 15 is 0 Å². The van der Waals surface area contributed by atoms with Crippen LogP contribution < -0.4 is 0 Å². The molecular formula is C30H20Br2N2. The van der Waals surface area contributed by atoms with Gasteiger partial charge in [0, 0.05) is 31.1 Å². The molecule has 2 aromatic heterocycles. The smallest absolute Gasteiger partial charge is 0.0603 e. The molecule has 0 saturated heterocycles. The summed E-state index contributed by atoms with van der Waals surface area (Å²) in [5, 5.41) is 2.53. The lowest BCUT2D eigenvalue weighted by Crippen LogP contribution is -2.19. The van der Waals surface area contributed by atoms with Crippen molar-refractivity contribution in [2.45, 2.75) is 11.8 Å². The molecular weight excluding hydrogens is 548 g/mol. The number of hydrogen-bond donors (Lipinski definition) is 2. The minimum atomic E-state index is 0.105. The third-order valence-corrected chi connectivity index (χ3v) is 8.45. The maximum absolute atomic E-state index is 3.87. The van der Waals surface area contributed by atoms with Gasteiger partial charge in [0.25, 0.3) is 0 Å². The Kier molecular flexibility index (Phi) is 4.61. The molecule has 2 heterocycles. The Hall–Kier alpha value is -3.08. The predicted octanol–water partition coefficient (Wildman–Crippen LogP) is 8.85. The van der Waals surface area contributed by atoms with Crippen LogP contribution in [0.15, 0.2) is 106 Å². The number of rotatable bonds is 2. The Morgan fingerprint density at radius 2 is 0.882 bits per heavy atom. The summed E-state index contributed by atoms with van der Waals surface area (Å²) >= 11 is 7.61. The van der Waals surface area contributed by atoms with Crippen molar-refractivity contribution in [1.82, 2.24) is 9.97 Å². The largest absolute Gasteiger partial charge is 0.356 e. The molecule has 0 aliphatic heterocycles. The van der Waals surface area contributed by atoms with Crippen molar-refractivity contribution in [2.75, 3.05) is 0 Å². The van der Waals surface area contributed by atoms with Crippen molar-refractivity contribution >= 4 is 53.7 Å². The van der Waals surface area contributed by atoms with E-state index in [1.165, 1.54) is 44.4 Å². The maximum Gasteiger partial charge on any atom is 0.0603 e. The molecule has 0 bridgehead atoms. The molecule has 0 fully saturated rings. The van der Waals surface area contributed by atoms with E-state index in [0.29, 0.717) is 0 Å². The molecule has 0 saturated carbocycles. The van der Waals surface area contributed by atoms with Crippen molar-refractivity contribution < 1.29 is 0 Å². The van der Waals surface area contributed by atoms with Crippen LogP contribution in [0, 0.1) is 0 Å². The Bertz CT molecular complexity index is 1550. The van der Waals surface area contributed by atoms with E-state index in [1.807, 2.05) is 0 Å². The second-order valence-electron chi connectivity index (χ2n) is 8.92. The van der Waals surface area contributed by atoms with E-state index in [4.69, 9.17) is 0 Å². The first-order chi connectivity index (χ1) is 16.7. The van der Waals surface area contributed by atoms with Gasteiger partial charge in [-0.15, -0.1) is 0 Å². The van der Waals surface area contributed by atoms with Crippen molar-refractivity contribution in [1.29, 1.82) is 0 Å². The van der Waals surface area contributed by atoms with Crippen molar-refractivity contribution in [3.05, 3.63) is 140 Å². The van der Waals surface area contributed by atoms with Crippen LogP contribution in [-0.2, 0) is 0 Å². The molecule has 34 heavy (non-hydrogen) atoms. The third kappa shape index (κ3) is 2.85. The summed E-state index contributed by atoms with van der Waals surface area (Å²) in [5.41, 5.74) is 10.2. The highest BCUT2D eigenvalue weighted by Gasteiger charge is 2.39. The number of para-hydroxylation sites is 2. The van der Waals surface area contributed by atoms with Gasteiger partial charge in [-0.25, -0.2) is 0 Å². The van der Waals surface area contributed by atoms with Crippen LogP contribution in [0.5, 0.6) is 0 Å². The Labute approximate surface area is 214 Å². The van der Waals surface area contributed by atoms with Crippen molar-refractivity contribution in [3.8, 4) is 0 Å². The van der Waals surface area contributed by atoms with E-state index in [1.54, 1.807) is 0 Å². The van der Waals surface area contributed by atoms with Gasteiger partial charge >= 0.3 is 0 Å². The number of hydrogen-bond acceptors (Lipinski definition) is 0. The fourth-order valence-electron chi connectivity index (χ4n) is 5.77. The minimum absolute atomic E-state index is 0.105. The van der Waals surface area contributed by atoms with E-state index in [9.17, 15) is 0 Å². The Morgan fingerprint density at radius 3 is 1.29 bits per heavy atom. The quantitative estimate of drug-likeness (QED) is 0.209. The van der Waals surface area contributed by atoms with Gasteiger partial charge in [0.05, 0.1) is 22.9 Å². The highest BCUT2D eigenvalue weighted by molar-refractivity contribution is 9.11. The van der Waals surface area contributed by atoms with Gasteiger partial charge in [-0.05, 0) is 66.2 Å². The maximum atomic E-state index is 3.87. The SMILES string of the molecule is Brc1cccc2c3c([nH]c12)C(c1ccccc1)c1c([nH]c2c(Br)cccc12)C3c1ccccc1. The summed E-state index contributed by atoms with van der Waals surface area (Å²) in [6, 6.07) is 34.7. The minimum Gasteiger partial charge on any atom is -0.356 e. The first-order valence-electron chi connectivity index (χ1n) is 11.4. The molecule has 2 atom stereocenters. The van der Waals surface area contributed by atoms with Crippen LogP contribution in [0.1, 0.15) is 45.5 Å². The lowest BCUT2D eigenvalue weighted by atomic mass is 9.72. The fourth-order valence-corrected chi connectivity index (χ4v) is 6.70. The molecule has 2 unspecified atom stereocenters. The van der Waals surface area contributed by atoms with Gasteiger partial charge in [-0.3, -0.25) is 0 Å². The molecule has 2 nitrogen and oxygen atoms in total. The van der Waals surface area contributed by atoms with Gasteiger partial charge in [-0.2, -0.15) is 0 Å². The average Bonchev–Trinajstić information content (AvgIpc) is 3.45. The molecule has 1 aliphatic rings. The number of benzene rings is 4.